The van der Waals surface area contributed by atoms with Gasteiger partial charge in [-0.1, -0.05) is 38.1 Å². The molecule has 1 atom stereocenters. The van der Waals surface area contributed by atoms with E-state index in [2.05, 4.69) is 0 Å². The normalized spacial score (nSPS) is 12.1. The van der Waals surface area contributed by atoms with E-state index in [0.29, 0.717) is 12.2 Å². The summed E-state index contributed by atoms with van der Waals surface area (Å²) in [5.41, 5.74) is 2.07. The zero-order valence-corrected chi connectivity index (χ0v) is 9.99. The second-order valence-electron chi connectivity index (χ2n) is 4.21. The molecule has 1 aromatic rings. The van der Waals surface area contributed by atoms with Crippen molar-refractivity contribution in [2.75, 3.05) is 0 Å². The van der Waals surface area contributed by atoms with Crippen molar-refractivity contribution in [3.63, 3.8) is 0 Å². The van der Waals surface area contributed by atoms with E-state index in [1.165, 1.54) is 11.8 Å². The van der Waals surface area contributed by atoms with Crippen LogP contribution in [0.1, 0.15) is 37.8 Å². The van der Waals surface area contributed by atoms with E-state index in [4.69, 9.17) is 5.41 Å². The van der Waals surface area contributed by atoms with Crippen LogP contribution >= 0.6 is 0 Å². The number of ketones is 1. The van der Waals surface area contributed by atoms with Gasteiger partial charge in [0.25, 0.3) is 0 Å². The van der Waals surface area contributed by atoms with Crippen molar-refractivity contribution in [1.29, 1.82) is 5.41 Å². The van der Waals surface area contributed by atoms with Crippen LogP contribution in [0.25, 0.3) is 0 Å². The van der Waals surface area contributed by atoms with Crippen LogP contribution in [0.5, 0.6) is 0 Å². The average molecular weight is 217 g/mol. The maximum Gasteiger partial charge on any atom is 0.136 e. The molecule has 16 heavy (non-hydrogen) atoms. The first kappa shape index (κ1) is 12.6. The van der Waals surface area contributed by atoms with E-state index in [9.17, 15) is 4.79 Å². The average Bonchev–Trinajstić information content (AvgIpc) is 2.30. The lowest BCUT2D eigenvalue weighted by Gasteiger charge is -2.09. The Kier molecular flexibility index (Phi) is 4.90. The Morgan fingerprint density at radius 3 is 2.50 bits per heavy atom. The molecule has 0 aliphatic heterocycles. The summed E-state index contributed by atoms with van der Waals surface area (Å²) in [7, 11) is 0. The number of Topliss-reactive ketones (excluding diaryl/α,β-unsaturated/α-hetero) is 1. The molecule has 0 aliphatic rings. The van der Waals surface area contributed by atoms with Gasteiger partial charge in [-0.3, -0.25) is 4.79 Å². The molecule has 1 unspecified atom stereocenters. The van der Waals surface area contributed by atoms with E-state index in [1.807, 2.05) is 38.1 Å². The third-order valence-electron chi connectivity index (χ3n) is 2.73. The lowest BCUT2D eigenvalue weighted by Crippen LogP contribution is -2.13. The fourth-order valence-corrected chi connectivity index (χ4v) is 1.71. The van der Waals surface area contributed by atoms with Crippen molar-refractivity contribution in [3.05, 3.63) is 35.4 Å². The fraction of sp³-hybridized carbons (Fsp3) is 0.429. The van der Waals surface area contributed by atoms with Gasteiger partial charge in [0, 0.05) is 18.6 Å². The van der Waals surface area contributed by atoms with Crippen molar-refractivity contribution in [2.45, 2.75) is 33.1 Å². The summed E-state index contributed by atoms with van der Waals surface area (Å²) in [5, 5.41) is 7.10. The van der Waals surface area contributed by atoms with Crippen LogP contribution in [0, 0.1) is 11.3 Å². The number of rotatable bonds is 6. The largest absolute Gasteiger partial charge is 0.308 e. The number of carbonyl (C=O) groups excluding carboxylic acids is 1. The van der Waals surface area contributed by atoms with Crippen molar-refractivity contribution >= 4 is 12.0 Å². The van der Waals surface area contributed by atoms with Crippen LogP contribution in [-0.2, 0) is 11.2 Å². The number of benzene rings is 1. The molecule has 0 spiro atoms. The molecule has 0 heterocycles. The predicted molar refractivity (Wildman–Crippen MR) is 67.1 cm³/mol. The zero-order chi connectivity index (χ0) is 12.0. The van der Waals surface area contributed by atoms with Gasteiger partial charge in [0.1, 0.15) is 5.78 Å². The van der Waals surface area contributed by atoms with Crippen molar-refractivity contribution in [1.82, 2.24) is 0 Å². The van der Waals surface area contributed by atoms with Crippen LogP contribution in [0.2, 0.25) is 0 Å². The first-order valence-electron chi connectivity index (χ1n) is 5.79. The van der Waals surface area contributed by atoms with E-state index in [-0.39, 0.29) is 5.92 Å². The van der Waals surface area contributed by atoms with Crippen molar-refractivity contribution in [3.8, 4) is 0 Å². The van der Waals surface area contributed by atoms with Crippen molar-refractivity contribution < 1.29 is 4.79 Å². The summed E-state index contributed by atoms with van der Waals surface area (Å²) in [4.78, 5) is 11.6. The lowest BCUT2D eigenvalue weighted by molar-refractivity contribution is -0.122. The first-order chi connectivity index (χ1) is 7.67. The Morgan fingerprint density at radius 2 is 2.00 bits per heavy atom. The molecule has 1 rings (SSSR count). The number of hydrogen-bond donors (Lipinski definition) is 1. The molecule has 0 bridgehead atoms. The fourth-order valence-electron chi connectivity index (χ4n) is 1.71. The van der Waals surface area contributed by atoms with Gasteiger partial charge in [0.2, 0.25) is 0 Å². The Balaban J connectivity index is 2.58. The molecule has 1 N–H and O–H groups in total. The molecule has 2 heteroatoms. The highest BCUT2D eigenvalue weighted by Crippen LogP contribution is 2.12. The molecule has 86 valence electrons. The van der Waals surface area contributed by atoms with Gasteiger partial charge in [-0.15, -0.1) is 0 Å². The summed E-state index contributed by atoms with van der Waals surface area (Å²) in [5.74, 6) is 0.449. The molecule has 0 radical (unpaired) electrons. The minimum Gasteiger partial charge on any atom is -0.308 e. The maximum absolute atomic E-state index is 11.6. The van der Waals surface area contributed by atoms with Crippen LogP contribution in [-0.4, -0.2) is 12.0 Å². The van der Waals surface area contributed by atoms with Gasteiger partial charge in [-0.2, -0.15) is 0 Å². The summed E-state index contributed by atoms with van der Waals surface area (Å²) in [6.07, 6.45) is 3.74. The molecule has 1 aromatic carbocycles. The predicted octanol–water partition coefficient (Wildman–Crippen LogP) is 3.23. The third-order valence-corrected chi connectivity index (χ3v) is 2.73. The van der Waals surface area contributed by atoms with Gasteiger partial charge < -0.3 is 5.41 Å². The zero-order valence-electron chi connectivity index (χ0n) is 9.99. The molecule has 0 saturated carbocycles. The van der Waals surface area contributed by atoms with Crippen LogP contribution in [0.4, 0.5) is 0 Å². The Labute approximate surface area is 97.2 Å². The molecule has 2 nitrogen and oxygen atoms in total. The highest BCUT2D eigenvalue weighted by Gasteiger charge is 2.12. The summed E-state index contributed by atoms with van der Waals surface area (Å²) in [6.45, 7) is 4.02. The first-order valence-corrected chi connectivity index (χ1v) is 5.79. The second kappa shape index (κ2) is 6.21. The van der Waals surface area contributed by atoms with E-state index >= 15 is 0 Å². The Morgan fingerprint density at radius 1 is 1.38 bits per heavy atom. The summed E-state index contributed by atoms with van der Waals surface area (Å²) in [6, 6.07) is 7.82. The Hall–Kier alpha value is -1.44. The standard InChI is InChI=1S/C14H19NO/c1-3-4-14(16)11(2)9-12-5-7-13(10-15)8-6-12/h5-8,10-11,15H,3-4,9H2,1-2H3. The van der Waals surface area contributed by atoms with Gasteiger partial charge in [0.15, 0.2) is 0 Å². The van der Waals surface area contributed by atoms with Crippen LogP contribution in [0.15, 0.2) is 24.3 Å². The molecule has 0 aromatic heterocycles. The topological polar surface area (TPSA) is 40.9 Å². The van der Waals surface area contributed by atoms with Gasteiger partial charge >= 0.3 is 0 Å². The van der Waals surface area contributed by atoms with Crippen LogP contribution in [0.3, 0.4) is 0 Å². The van der Waals surface area contributed by atoms with Crippen LogP contribution < -0.4 is 0 Å². The third kappa shape index (κ3) is 3.61. The highest BCUT2D eigenvalue weighted by atomic mass is 16.1. The monoisotopic (exact) mass is 217 g/mol. The minimum absolute atomic E-state index is 0.103. The quantitative estimate of drug-likeness (QED) is 0.730. The number of carbonyl (C=O) groups is 1. The van der Waals surface area contributed by atoms with Crippen molar-refractivity contribution in [2.24, 2.45) is 5.92 Å². The smallest absolute Gasteiger partial charge is 0.136 e. The minimum atomic E-state index is 0.103. The SMILES string of the molecule is CCCC(=O)C(C)Cc1ccc(C=N)cc1. The molecular formula is C14H19NO. The van der Waals surface area contributed by atoms with Gasteiger partial charge in [-0.05, 0) is 24.0 Å². The molecular weight excluding hydrogens is 198 g/mol. The molecule has 0 saturated heterocycles. The van der Waals surface area contributed by atoms with E-state index in [0.717, 1.165) is 18.4 Å². The van der Waals surface area contributed by atoms with Gasteiger partial charge in [-0.25, -0.2) is 0 Å². The number of nitrogens with one attached hydrogen (secondary N) is 1. The molecule has 0 amide bonds. The summed E-state index contributed by atoms with van der Waals surface area (Å²) < 4.78 is 0. The highest BCUT2D eigenvalue weighted by molar-refractivity contribution is 5.81. The maximum atomic E-state index is 11.6. The molecule has 0 fully saturated rings. The Bertz CT molecular complexity index is 354. The second-order valence-corrected chi connectivity index (χ2v) is 4.21. The van der Waals surface area contributed by atoms with E-state index < -0.39 is 0 Å². The summed E-state index contributed by atoms with van der Waals surface area (Å²) >= 11 is 0. The number of hydrogen-bond acceptors (Lipinski definition) is 2. The molecule has 0 aliphatic carbocycles. The lowest BCUT2D eigenvalue weighted by atomic mass is 9.94. The van der Waals surface area contributed by atoms with Gasteiger partial charge in [0.05, 0.1) is 0 Å². The van der Waals surface area contributed by atoms with E-state index in [1.54, 1.807) is 0 Å².